The van der Waals surface area contributed by atoms with Crippen LogP contribution < -0.4 is 10.5 Å². The number of nitrogens with zero attached hydrogens (tertiary/aromatic N) is 2. The SMILES string of the molecule is CCc1nn(C)cc1C(N)c1cccc2c1OCCC2. The van der Waals surface area contributed by atoms with Crippen LogP contribution in [-0.4, -0.2) is 16.4 Å². The molecule has 4 heteroatoms. The van der Waals surface area contributed by atoms with Crippen molar-refractivity contribution in [3.63, 3.8) is 0 Å². The van der Waals surface area contributed by atoms with Gasteiger partial charge in [-0.15, -0.1) is 0 Å². The van der Waals surface area contributed by atoms with Gasteiger partial charge in [-0.2, -0.15) is 5.10 Å². The molecule has 106 valence electrons. The van der Waals surface area contributed by atoms with E-state index in [0.717, 1.165) is 48.4 Å². The first kappa shape index (κ1) is 13.2. The van der Waals surface area contributed by atoms with Crippen LogP contribution in [0.2, 0.25) is 0 Å². The molecule has 0 fully saturated rings. The van der Waals surface area contributed by atoms with Crippen LogP contribution in [0, 0.1) is 0 Å². The molecule has 0 saturated heterocycles. The van der Waals surface area contributed by atoms with E-state index in [9.17, 15) is 0 Å². The Balaban J connectivity index is 2.04. The Morgan fingerprint density at radius 3 is 3.05 bits per heavy atom. The summed E-state index contributed by atoms with van der Waals surface area (Å²) in [4.78, 5) is 0. The Morgan fingerprint density at radius 1 is 1.40 bits per heavy atom. The average molecular weight is 271 g/mol. The summed E-state index contributed by atoms with van der Waals surface area (Å²) in [5.41, 5.74) is 11.0. The molecule has 4 nitrogen and oxygen atoms in total. The van der Waals surface area contributed by atoms with Crippen molar-refractivity contribution < 1.29 is 4.74 Å². The zero-order valence-corrected chi connectivity index (χ0v) is 12.1. The minimum Gasteiger partial charge on any atom is -0.493 e. The molecule has 2 N–H and O–H groups in total. The van der Waals surface area contributed by atoms with Gasteiger partial charge in [0.2, 0.25) is 0 Å². The van der Waals surface area contributed by atoms with Crippen LogP contribution in [-0.2, 0) is 19.9 Å². The van der Waals surface area contributed by atoms with Crippen LogP contribution in [0.25, 0.3) is 0 Å². The summed E-state index contributed by atoms with van der Waals surface area (Å²) in [5.74, 6) is 0.983. The van der Waals surface area contributed by atoms with E-state index < -0.39 is 0 Å². The van der Waals surface area contributed by atoms with Crippen molar-refractivity contribution in [2.24, 2.45) is 12.8 Å². The third kappa shape index (κ3) is 2.20. The predicted molar refractivity (Wildman–Crippen MR) is 78.9 cm³/mol. The van der Waals surface area contributed by atoms with E-state index in [2.05, 4.69) is 30.2 Å². The fraction of sp³-hybridized carbons (Fsp3) is 0.438. The van der Waals surface area contributed by atoms with Crippen molar-refractivity contribution in [3.8, 4) is 5.75 Å². The lowest BCUT2D eigenvalue weighted by Crippen LogP contribution is -2.18. The molecular weight excluding hydrogens is 250 g/mol. The summed E-state index contributed by atoms with van der Waals surface area (Å²) in [5, 5.41) is 4.48. The number of hydrogen-bond acceptors (Lipinski definition) is 3. The molecular formula is C16H21N3O. The summed E-state index contributed by atoms with van der Waals surface area (Å²) in [6.45, 7) is 2.89. The lowest BCUT2D eigenvalue weighted by atomic mass is 9.94. The maximum absolute atomic E-state index is 6.50. The van der Waals surface area contributed by atoms with Gasteiger partial charge in [0, 0.05) is 24.4 Å². The van der Waals surface area contributed by atoms with Gasteiger partial charge in [-0.25, -0.2) is 0 Å². The van der Waals surface area contributed by atoms with Crippen molar-refractivity contribution in [2.75, 3.05) is 6.61 Å². The number of aryl methyl sites for hydroxylation is 3. The Bertz CT molecular complexity index is 618. The van der Waals surface area contributed by atoms with Gasteiger partial charge in [-0.05, 0) is 24.8 Å². The second kappa shape index (κ2) is 5.29. The highest BCUT2D eigenvalue weighted by Crippen LogP contribution is 2.35. The van der Waals surface area contributed by atoms with Crippen LogP contribution >= 0.6 is 0 Å². The summed E-state index contributed by atoms with van der Waals surface area (Å²) in [7, 11) is 1.94. The Kier molecular flexibility index (Phi) is 3.49. The third-order valence-electron chi connectivity index (χ3n) is 3.91. The number of rotatable bonds is 3. The number of fused-ring (bicyclic) bond motifs is 1. The monoisotopic (exact) mass is 271 g/mol. The molecule has 1 unspecified atom stereocenters. The summed E-state index contributed by atoms with van der Waals surface area (Å²) < 4.78 is 7.71. The lowest BCUT2D eigenvalue weighted by molar-refractivity contribution is 0.284. The third-order valence-corrected chi connectivity index (χ3v) is 3.91. The molecule has 0 spiro atoms. The molecule has 1 aromatic heterocycles. The minimum absolute atomic E-state index is 0.174. The highest BCUT2D eigenvalue weighted by Gasteiger charge is 2.22. The normalized spacial score (nSPS) is 15.6. The summed E-state index contributed by atoms with van der Waals surface area (Å²) >= 11 is 0. The maximum Gasteiger partial charge on any atom is 0.127 e. The van der Waals surface area contributed by atoms with E-state index in [1.807, 2.05) is 17.9 Å². The first-order valence-corrected chi connectivity index (χ1v) is 7.23. The number of hydrogen-bond donors (Lipinski definition) is 1. The topological polar surface area (TPSA) is 53.1 Å². The fourth-order valence-corrected chi connectivity index (χ4v) is 2.91. The van der Waals surface area contributed by atoms with E-state index in [-0.39, 0.29) is 6.04 Å². The van der Waals surface area contributed by atoms with Gasteiger partial charge in [-0.1, -0.05) is 25.1 Å². The van der Waals surface area contributed by atoms with Gasteiger partial charge >= 0.3 is 0 Å². The molecule has 1 atom stereocenters. The van der Waals surface area contributed by atoms with E-state index in [1.165, 1.54) is 5.56 Å². The van der Waals surface area contributed by atoms with E-state index in [1.54, 1.807) is 0 Å². The minimum atomic E-state index is -0.174. The van der Waals surface area contributed by atoms with E-state index >= 15 is 0 Å². The number of para-hydroxylation sites is 1. The van der Waals surface area contributed by atoms with Crippen LogP contribution in [0.5, 0.6) is 5.75 Å². The van der Waals surface area contributed by atoms with Gasteiger partial charge in [0.05, 0.1) is 18.3 Å². The summed E-state index contributed by atoms with van der Waals surface area (Å²) in [6, 6.07) is 6.10. The van der Waals surface area contributed by atoms with Crippen LogP contribution in [0.4, 0.5) is 0 Å². The molecule has 2 aromatic rings. The van der Waals surface area contributed by atoms with E-state index in [4.69, 9.17) is 10.5 Å². The van der Waals surface area contributed by atoms with Gasteiger partial charge in [0.25, 0.3) is 0 Å². The first-order valence-electron chi connectivity index (χ1n) is 7.23. The Morgan fingerprint density at radius 2 is 2.25 bits per heavy atom. The molecule has 0 amide bonds. The lowest BCUT2D eigenvalue weighted by Gasteiger charge is -2.23. The highest BCUT2D eigenvalue weighted by molar-refractivity contribution is 5.48. The Hall–Kier alpha value is -1.81. The van der Waals surface area contributed by atoms with Crippen LogP contribution in [0.3, 0.4) is 0 Å². The molecule has 0 saturated carbocycles. The van der Waals surface area contributed by atoms with Gasteiger partial charge in [0.15, 0.2) is 0 Å². The largest absolute Gasteiger partial charge is 0.493 e. The Labute approximate surface area is 119 Å². The summed E-state index contributed by atoms with van der Waals surface area (Å²) in [6.07, 6.45) is 5.06. The smallest absolute Gasteiger partial charge is 0.127 e. The molecule has 1 aromatic carbocycles. The molecule has 1 aliphatic heterocycles. The van der Waals surface area contributed by atoms with Crippen molar-refractivity contribution in [1.29, 1.82) is 0 Å². The molecule has 20 heavy (non-hydrogen) atoms. The predicted octanol–water partition coefficient (Wildman–Crippen LogP) is 2.36. The maximum atomic E-state index is 6.50. The number of nitrogens with two attached hydrogens (primary N) is 1. The van der Waals surface area contributed by atoms with E-state index in [0.29, 0.717) is 0 Å². The highest BCUT2D eigenvalue weighted by atomic mass is 16.5. The number of ether oxygens (including phenoxy) is 1. The zero-order valence-electron chi connectivity index (χ0n) is 12.1. The van der Waals surface area contributed by atoms with Gasteiger partial charge in [0.1, 0.15) is 5.75 Å². The number of aromatic nitrogens is 2. The quantitative estimate of drug-likeness (QED) is 0.932. The van der Waals surface area contributed by atoms with Crippen LogP contribution in [0.1, 0.15) is 41.8 Å². The fourth-order valence-electron chi connectivity index (χ4n) is 2.91. The number of benzene rings is 1. The standard InChI is InChI=1S/C16H21N3O/c1-3-14-13(10-19(2)18-14)15(17)12-8-4-6-11-7-5-9-20-16(11)12/h4,6,8,10,15H,3,5,7,9,17H2,1-2H3. The van der Waals surface area contributed by atoms with Crippen molar-refractivity contribution in [2.45, 2.75) is 32.2 Å². The van der Waals surface area contributed by atoms with Crippen LogP contribution in [0.15, 0.2) is 24.4 Å². The first-order chi connectivity index (χ1) is 9.70. The molecule has 0 aliphatic carbocycles. The second-order valence-corrected chi connectivity index (χ2v) is 5.32. The molecule has 0 radical (unpaired) electrons. The molecule has 1 aliphatic rings. The molecule has 2 heterocycles. The van der Waals surface area contributed by atoms with Gasteiger partial charge < -0.3 is 10.5 Å². The molecule has 0 bridgehead atoms. The van der Waals surface area contributed by atoms with Crippen molar-refractivity contribution in [3.05, 3.63) is 46.8 Å². The molecule has 3 rings (SSSR count). The van der Waals surface area contributed by atoms with Crippen molar-refractivity contribution >= 4 is 0 Å². The zero-order chi connectivity index (χ0) is 14.1. The van der Waals surface area contributed by atoms with Gasteiger partial charge in [-0.3, -0.25) is 4.68 Å². The second-order valence-electron chi connectivity index (χ2n) is 5.32. The average Bonchev–Trinajstić information content (AvgIpc) is 2.87. The van der Waals surface area contributed by atoms with Crippen molar-refractivity contribution in [1.82, 2.24) is 9.78 Å².